The minimum absolute atomic E-state index is 0.363. The Bertz CT molecular complexity index is 930. The zero-order valence-electron chi connectivity index (χ0n) is 14.5. The largest absolute Gasteiger partial charge is 0.440 e. The number of morpholine rings is 1. The molecule has 0 spiro atoms. The molecule has 2 aromatic carbocycles. The molecule has 0 N–H and O–H groups in total. The summed E-state index contributed by atoms with van der Waals surface area (Å²) in [6, 6.07) is 15.1. The van der Waals surface area contributed by atoms with Crippen LogP contribution in [0.15, 0.2) is 54.7 Å². The molecule has 3 aromatic rings. The number of likely N-dealkylation sites (N-methyl/N-ethyl adjacent to an activating group) is 1. The molecule has 0 aliphatic carbocycles. The summed E-state index contributed by atoms with van der Waals surface area (Å²) in [5.74, 6) is -0.386. The van der Waals surface area contributed by atoms with Gasteiger partial charge in [-0.1, -0.05) is 30.3 Å². The Hall–Kier alpha value is -2.83. The zero-order valence-corrected chi connectivity index (χ0v) is 14.5. The average Bonchev–Trinajstić information content (AvgIpc) is 2.69. The van der Waals surface area contributed by atoms with Gasteiger partial charge in [-0.15, -0.1) is 0 Å². The van der Waals surface area contributed by atoms with Crippen LogP contribution in [0.2, 0.25) is 0 Å². The number of nitrogens with zero attached hydrogens (tertiary/aromatic N) is 3. The van der Waals surface area contributed by atoms with Crippen LogP contribution in [0.4, 0.5) is 0 Å². The van der Waals surface area contributed by atoms with Gasteiger partial charge in [-0.3, -0.25) is 9.88 Å². The van der Waals surface area contributed by atoms with Gasteiger partial charge in [0.2, 0.25) is 0 Å². The summed E-state index contributed by atoms with van der Waals surface area (Å²) in [6.45, 7) is 1.78. The van der Waals surface area contributed by atoms with Crippen LogP contribution in [0.1, 0.15) is 10.4 Å². The summed E-state index contributed by atoms with van der Waals surface area (Å²) in [7, 11) is 1.91. The van der Waals surface area contributed by atoms with Crippen LogP contribution < -0.4 is 0 Å². The summed E-state index contributed by atoms with van der Waals surface area (Å²) >= 11 is 0. The molecule has 1 fully saturated rings. The summed E-state index contributed by atoms with van der Waals surface area (Å²) in [6.07, 6.45) is 1.36. The predicted molar refractivity (Wildman–Crippen MR) is 97.6 cm³/mol. The minimum Gasteiger partial charge on any atom is -0.440 e. The van der Waals surface area contributed by atoms with Gasteiger partial charge in [0.15, 0.2) is 6.23 Å². The fraction of sp³-hybridized carbons (Fsp3) is 0.250. The van der Waals surface area contributed by atoms with Crippen LogP contribution >= 0.6 is 0 Å². The Labute approximate surface area is 151 Å². The maximum atomic E-state index is 12.4. The zero-order chi connectivity index (χ0) is 17.9. The van der Waals surface area contributed by atoms with Crippen molar-refractivity contribution in [3.8, 4) is 11.3 Å². The number of fused-ring (bicyclic) bond motifs is 1. The normalized spacial score (nSPS) is 18.0. The third kappa shape index (κ3) is 3.42. The van der Waals surface area contributed by atoms with Gasteiger partial charge < -0.3 is 9.47 Å². The molecule has 0 amide bonds. The summed E-state index contributed by atoms with van der Waals surface area (Å²) < 4.78 is 10.9. The van der Waals surface area contributed by atoms with Crippen molar-refractivity contribution in [1.82, 2.24) is 14.9 Å². The number of benzene rings is 2. The van der Waals surface area contributed by atoms with Gasteiger partial charge >= 0.3 is 5.97 Å². The first-order valence-electron chi connectivity index (χ1n) is 8.52. The molecule has 4 rings (SSSR count). The highest BCUT2D eigenvalue weighted by Crippen LogP contribution is 2.20. The van der Waals surface area contributed by atoms with Gasteiger partial charge in [0, 0.05) is 12.1 Å². The first kappa shape index (κ1) is 16.6. The molecule has 1 aliphatic rings. The number of hydrogen-bond donors (Lipinski definition) is 0. The van der Waals surface area contributed by atoms with Gasteiger partial charge in [-0.25, -0.2) is 9.78 Å². The third-order valence-electron chi connectivity index (χ3n) is 4.43. The Kier molecular flexibility index (Phi) is 4.60. The number of hydrogen-bond acceptors (Lipinski definition) is 6. The first-order valence-corrected chi connectivity index (χ1v) is 8.52. The second-order valence-corrected chi connectivity index (χ2v) is 6.24. The van der Waals surface area contributed by atoms with Crippen LogP contribution in [0.3, 0.4) is 0 Å². The standard InChI is InChI=1S/C20H19N3O3/c1-23-9-10-25-13-19(23)26-20(24)15-7-8-16-17(11-15)21-12-18(22-16)14-5-3-2-4-6-14/h2-8,11-12,19H,9-10,13H2,1H3. The lowest BCUT2D eigenvalue weighted by Crippen LogP contribution is -2.45. The number of carbonyl (C=O) groups is 1. The van der Waals surface area contributed by atoms with Crippen molar-refractivity contribution < 1.29 is 14.3 Å². The van der Waals surface area contributed by atoms with E-state index in [1.165, 1.54) is 0 Å². The van der Waals surface area contributed by atoms with Crippen molar-refractivity contribution in [3.05, 3.63) is 60.3 Å². The quantitative estimate of drug-likeness (QED) is 0.678. The highest BCUT2D eigenvalue weighted by Gasteiger charge is 2.24. The second-order valence-electron chi connectivity index (χ2n) is 6.24. The predicted octanol–water partition coefficient (Wildman–Crippen LogP) is 2.74. The SMILES string of the molecule is CN1CCOCC1OC(=O)c1ccc2nc(-c3ccccc3)cnc2c1. The van der Waals surface area contributed by atoms with Crippen LogP contribution in [-0.4, -0.2) is 53.9 Å². The first-order chi connectivity index (χ1) is 12.7. The lowest BCUT2D eigenvalue weighted by molar-refractivity contribution is -0.103. The van der Waals surface area contributed by atoms with E-state index in [0.717, 1.165) is 23.3 Å². The monoisotopic (exact) mass is 349 g/mol. The third-order valence-corrected chi connectivity index (χ3v) is 4.43. The van der Waals surface area contributed by atoms with Crippen LogP contribution in [-0.2, 0) is 9.47 Å². The second kappa shape index (κ2) is 7.19. The molecule has 0 radical (unpaired) electrons. The van der Waals surface area contributed by atoms with Crippen molar-refractivity contribution in [2.24, 2.45) is 0 Å². The highest BCUT2D eigenvalue weighted by molar-refractivity contribution is 5.93. The lowest BCUT2D eigenvalue weighted by atomic mass is 10.1. The molecule has 6 heteroatoms. The van der Waals surface area contributed by atoms with E-state index in [1.807, 2.05) is 42.3 Å². The van der Waals surface area contributed by atoms with Crippen LogP contribution in [0, 0.1) is 0 Å². The highest BCUT2D eigenvalue weighted by atomic mass is 16.6. The Morgan fingerprint density at radius 1 is 1.19 bits per heavy atom. The minimum atomic E-state index is -0.386. The van der Waals surface area contributed by atoms with Crippen LogP contribution in [0.25, 0.3) is 22.3 Å². The average molecular weight is 349 g/mol. The van der Waals surface area contributed by atoms with E-state index in [-0.39, 0.29) is 12.2 Å². The van der Waals surface area contributed by atoms with Crippen LogP contribution in [0.5, 0.6) is 0 Å². The summed E-state index contributed by atoms with van der Waals surface area (Å²) in [4.78, 5) is 23.5. The molecular weight excluding hydrogens is 330 g/mol. The van der Waals surface area contributed by atoms with E-state index < -0.39 is 0 Å². The summed E-state index contributed by atoms with van der Waals surface area (Å²) in [5, 5.41) is 0. The molecule has 0 saturated carbocycles. The number of esters is 1. The molecule has 2 heterocycles. The number of aromatic nitrogens is 2. The topological polar surface area (TPSA) is 64.6 Å². The fourth-order valence-corrected chi connectivity index (χ4v) is 2.87. The van der Waals surface area contributed by atoms with Gasteiger partial charge in [-0.2, -0.15) is 0 Å². The molecule has 1 saturated heterocycles. The molecule has 6 nitrogen and oxygen atoms in total. The Morgan fingerprint density at radius 3 is 2.85 bits per heavy atom. The summed E-state index contributed by atoms with van der Waals surface area (Å²) in [5.41, 5.74) is 3.66. The van der Waals surface area contributed by atoms with E-state index in [9.17, 15) is 4.79 Å². The molecule has 26 heavy (non-hydrogen) atoms. The van der Waals surface area contributed by atoms with Crippen molar-refractivity contribution in [2.45, 2.75) is 6.23 Å². The van der Waals surface area contributed by atoms with E-state index in [4.69, 9.17) is 9.47 Å². The van der Waals surface area contributed by atoms with E-state index in [1.54, 1.807) is 24.4 Å². The smallest absolute Gasteiger partial charge is 0.339 e. The maximum absolute atomic E-state index is 12.4. The Balaban J connectivity index is 1.56. The van der Waals surface area contributed by atoms with Gasteiger partial charge in [0.05, 0.1) is 41.7 Å². The van der Waals surface area contributed by atoms with E-state index in [0.29, 0.717) is 24.3 Å². The van der Waals surface area contributed by atoms with Crippen molar-refractivity contribution >= 4 is 17.0 Å². The maximum Gasteiger partial charge on any atom is 0.339 e. The molecule has 1 atom stereocenters. The van der Waals surface area contributed by atoms with E-state index >= 15 is 0 Å². The van der Waals surface area contributed by atoms with Crippen molar-refractivity contribution in [1.29, 1.82) is 0 Å². The van der Waals surface area contributed by atoms with Crippen molar-refractivity contribution in [3.63, 3.8) is 0 Å². The molecule has 132 valence electrons. The lowest BCUT2D eigenvalue weighted by Gasteiger charge is -2.31. The fourth-order valence-electron chi connectivity index (χ4n) is 2.87. The molecule has 1 unspecified atom stereocenters. The van der Waals surface area contributed by atoms with Gasteiger partial charge in [0.1, 0.15) is 0 Å². The molecule has 1 aromatic heterocycles. The van der Waals surface area contributed by atoms with E-state index in [2.05, 4.69) is 9.97 Å². The van der Waals surface area contributed by atoms with Gasteiger partial charge in [0.25, 0.3) is 0 Å². The molecular formula is C20H19N3O3. The molecule has 1 aliphatic heterocycles. The Morgan fingerprint density at radius 2 is 2.04 bits per heavy atom. The van der Waals surface area contributed by atoms with Gasteiger partial charge in [-0.05, 0) is 25.2 Å². The number of carbonyl (C=O) groups excluding carboxylic acids is 1. The number of ether oxygens (including phenoxy) is 2. The van der Waals surface area contributed by atoms with Crippen molar-refractivity contribution in [2.75, 3.05) is 26.8 Å². The molecule has 0 bridgehead atoms. The number of rotatable bonds is 3.